The highest BCUT2D eigenvalue weighted by molar-refractivity contribution is 5.58. The molecular weight excluding hydrogens is 225 g/mol. The number of nitrogens with one attached hydrogen (secondary N) is 1. The van der Waals surface area contributed by atoms with E-state index in [-0.39, 0.29) is 5.82 Å². The molecule has 0 bridgehead atoms. The summed E-state index contributed by atoms with van der Waals surface area (Å²) in [5, 5.41) is 3.42. The molecule has 0 aromatic heterocycles. The van der Waals surface area contributed by atoms with Crippen LogP contribution in [0.5, 0.6) is 0 Å². The molecule has 1 aliphatic rings. The number of para-hydroxylation sites is 1. The van der Waals surface area contributed by atoms with Crippen molar-refractivity contribution < 1.29 is 4.39 Å². The van der Waals surface area contributed by atoms with Crippen molar-refractivity contribution in [1.29, 1.82) is 0 Å². The van der Waals surface area contributed by atoms with Gasteiger partial charge in [0.25, 0.3) is 0 Å². The van der Waals surface area contributed by atoms with Crippen molar-refractivity contribution in [3.05, 3.63) is 65.0 Å². The summed E-state index contributed by atoms with van der Waals surface area (Å²) >= 11 is 0. The Kier molecular flexibility index (Phi) is 2.78. The molecule has 18 heavy (non-hydrogen) atoms. The summed E-state index contributed by atoms with van der Waals surface area (Å²) in [6.07, 6.45) is 1.06. The molecule has 3 rings (SSSR count). The van der Waals surface area contributed by atoms with E-state index in [9.17, 15) is 4.39 Å². The third-order valence-electron chi connectivity index (χ3n) is 3.69. The Hall–Kier alpha value is -1.83. The molecular formula is C16H16FN. The van der Waals surface area contributed by atoms with Gasteiger partial charge in [-0.25, -0.2) is 4.39 Å². The van der Waals surface area contributed by atoms with Gasteiger partial charge in [-0.1, -0.05) is 24.3 Å². The molecule has 92 valence electrons. The molecule has 2 aromatic carbocycles. The maximum atomic E-state index is 13.2. The molecule has 0 radical (unpaired) electrons. The summed E-state index contributed by atoms with van der Waals surface area (Å²) in [6, 6.07) is 13.5. The third kappa shape index (κ3) is 1.88. The fourth-order valence-corrected chi connectivity index (χ4v) is 2.82. The number of hydrogen-bond acceptors (Lipinski definition) is 1. The van der Waals surface area contributed by atoms with Crippen LogP contribution >= 0.6 is 0 Å². The minimum Gasteiger partial charge on any atom is -0.385 e. The van der Waals surface area contributed by atoms with Crippen LogP contribution in [0.25, 0.3) is 0 Å². The van der Waals surface area contributed by atoms with Crippen LogP contribution in [-0.2, 0) is 0 Å². The van der Waals surface area contributed by atoms with Gasteiger partial charge in [-0.05, 0) is 48.2 Å². The summed E-state index contributed by atoms with van der Waals surface area (Å²) in [5.74, 6) is 0.224. The van der Waals surface area contributed by atoms with Crippen molar-refractivity contribution in [2.24, 2.45) is 0 Å². The van der Waals surface area contributed by atoms with E-state index < -0.39 is 0 Å². The van der Waals surface area contributed by atoms with Crippen LogP contribution < -0.4 is 5.32 Å². The van der Waals surface area contributed by atoms with Gasteiger partial charge in [0.15, 0.2) is 0 Å². The van der Waals surface area contributed by atoms with E-state index >= 15 is 0 Å². The van der Waals surface area contributed by atoms with Crippen LogP contribution in [-0.4, -0.2) is 6.54 Å². The number of halogens is 1. The molecule has 1 unspecified atom stereocenters. The Bertz CT molecular complexity index is 577. The van der Waals surface area contributed by atoms with Crippen LogP contribution in [0.1, 0.15) is 29.0 Å². The quantitative estimate of drug-likeness (QED) is 0.793. The predicted molar refractivity (Wildman–Crippen MR) is 72.5 cm³/mol. The number of hydrogen-bond donors (Lipinski definition) is 1. The van der Waals surface area contributed by atoms with Crippen molar-refractivity contribution >= 4 is 5.69 Å². The monoisotopic (exact) mass is 241 g/mol. The van der Waals surface area contributed by atoms with Gasteiger partial charge in [0.05, 0.1) is 0 Å². The van der Waals surface area contributed by atoms with Crippen LogP contribution in [0.4, 0.5) is 10.1 Å². The fourth-order valence-electron chi connectivity index (χ4n) is 2.82. The molecule has 2 heteroatoms. The van der Waals surface area contributed by atoms with E-state index in [2.05, 4.69) is 23.5 Å². The average molecular weight is 241 g/mol. The van der Waals surface area contributed by atoms with Crippen molar-refractivity contribution in [3.63, 3.8) is 0 Å². The highest BCUT2D eigenvalue weighted by Gasteiger charge is 2.22. The van der Waals surface area contributed by atoms with Crippen LogP contribution in [0.3, 0.4) is 0 Å². The largest absolute Gasteiger partial charge is 0.385 e. The minimum absolute atomic E-state index is 0.154. The first-order chi connectivity index (χ1) is 8.75. The van der Waals surface area contributed by atoms with E-state index in [1.807, 2.05) is 19.1 Å². The van der Waals surface area contributed by atoms with Gasteiger partial charge in [0.1, 0.15) is 5.82 Å². The molecule has 1 heterocycles. The smallest absolute Gasteiger partial charge is 0.123 e. The summed E-state index contributed by atoms with van der Waals surface area (Å²) in [5.41, 5.74) is 4.80. The second kappa shape index (κ2) is 4.45. The van der Waals surface area contributed by atoms with E-state index in [0.717, 1.165) is 18.5 Å². The zero-order valence-corrected chi connectivity index (χ0v) is 10.4. The van der Waals surface area contributed by atoms with E-state index in [4.69, 9.17) is 0 Å². The molecule has 0 aliphatic carbocycles. The zero-order valence-electron chi connectivity index (χ0n) is 10.4. The summed E-state index contributed by atoms with van der Waals surface area (Å²) in [6.45, 7) is 2.96. The second-order valence-corrected chi connectivity index (χ2v) is 4.86. The Morgan fingerprint density at radius 2 is 1.94 bits per heavy atom. The molecule has 1 atom stereocenters. The topological polar surface area (TPSA) is 12.0 Å². The van der Waals surface area contributed by atoms with Gasteiger partial charge >= 0.3 is 0 Å². The molecule has 1 aliphatic heterocycles. The first kappa shape index (κ1) is 11.3. The van der Waals surface area contributed by atoms with Gasteiger partial charge in [-0.15, -0.1) is 0 Å². The van der Waals surface area contributed by atoms with Crippen LogP contribution in [0.2, 0.25) is 0 Å². The van der Waals surface area contributed by atoms with Gasteiger partial charge in [0.2, 0.25) is 0 Å². The van der Waals surface area contributed by atoms with Gasteiger partial charge < -0.3 is 5.32 Å². The molecule has 0 amide bonds. The zero-order chi connectivity index (χ0) is 12.5. The van der Waals surface area contributed by atoms with Crippen LogP contribution in [0, 0.1) is 12.7 Å². The normalized spacial score (nSPS) is 18.0. The van der Waals surface area contributed by atoms with Crippen molar-refractivity contribution in [3.8, 4) is 0 Å². The molecule has 1 N–H and O–H groups in total. The third-order valence-corrected chi connectivity index (χ3v) is 3.69. The maximum Gasteiger partial charge on any atom is 0.123 e. The highest BCUT2D eigenvalue weighted by atomic mass is 19.1. The lowest BCUT2D eigenvalue weighted by Gasteiger charge is -2.28. The second-order valence-electron chi connectivity index (χ2n) is 4.86. The van der Waals surface area contributed by atoms with E-state index in [1.165, 1.54) is 16.8 Å². The van der Waals surface area contributed by atoms with E-state index in [1.54, 1.807) is 12.1 Å². The standard InChI is InChI=1S/C16H16FN/c1-11-10-12(17)6-7-13(11)14-8-9-18-16-5-3-2-4-15(14)16/h2-7,10,14,18H,8-9H2,1H3. The summed E-state index contributed by atoms with van der Waals surface area (Å²) < 4.78 is 13.2. The summed E-state index contributed by atoms with van der Waals surface area (Å²) in [7, 11) is 0. The van der Waals surface area contributed by atoms with Gasteiger partial charge in [0, 0.05) is 18.2 Å². The first-order valence-electron chi connectivity index (χ1n) is 6.34. The predicted octanol–water partition coefficient (Wildman–Crippen LogP) is 4.08. The number of anilines is 1. The Labute approximate surface area is 107 Å². The Morgan fingerprint density at radius 1 is 1.11 bits per heavy atom. The van der Waals surface area contributed by atoms with Crippen LogP contribution in [0.15, 0.2) is 42.5 Å². The maximum absolute atomic E-state index is 13.2. The number of rotatable bonds is 1. The van der Waals surface area contributed by atoms with Crippen molar-refractivity contribution in [1.82, 2.24) is 0 Å². The number of aryl methyl sites for hydroxylation is 1. The first-order valence-corrected chi connectivity index (χ1v) is 6.34. The molecule has 0 saturated heterocycles. The number of benzene rings is 2. The van der Waals surface area contributed by atoms with Gasteiger partial charge in [-0.3, -0.25) is 0 Å². The number of fused-ring (bicyclic) bond motifs is 1. The highest BCUT2D eigenvalue weighted by Crippen LogP contribution is 2.37. The molecule has 1 nitrogen and oxygen atoms in total. The molecule has 0 spiro atoms. The lowest BCUT2D eigenvalue weighted by molar-refractivity contribution is 0.623. The molecule has 0 saturated carbocycles. The summed E-state index contributed by atoms with van der Waals surface area (Å²) in [4.78, 5) is 0. The minimum atomic E-state index is -0.154. The fraction of sp³-hybridized carbons (Fsp3) is 0.250. The Morgan fingerprint density at radius 3 is 2.78 bits per heavy atom. The Balaban J connectivity index is 2.08. The molecule has 0 fully saturated rings. The lowest BCUT2D eigenvalue weighted by Crippen LogP contribution is -2.18. The van der Waals surface area contributed by atoms with Crippen molar-refractivity contribution in [2.45, 2.75) is 19.3 Å². The van der Waals surface area contributed by atoms with E-state index in [0.29, 0.717) is 5.92 Å². The van der Waals surface area contributed by atoms with Crippen molar-refractivity contribution in [2.75, 3.05) is 11.9 Å². The van der Waals surface area contributed by atoms with Gasteiger partial charge in [-0.2, -0.15) is 0 Å². The molecule has 2 aromatic rings. The average Bonchev–Trinajstić information content (AvgIpc) is 2.38. The lowest BCUT2D eigenvalue weighted by atomic mass is 9.83. The SMILES string of the molecule is Cc1cc(F)ccc1C1CCNc2ccccc21.